The molecule has 2 aliphatic rings. The minimum atomic E-state index is 0.490. The molecule has 3 unspecified atom stereocenters. The minimum absolute atomic E-state index is 0.490. The maximum Gasteiger partial charge on any atom is 0.136 e. The maximum atomic E-state index is 11.7. The first-order chi connectivity index (χ1) is 8.74. The Morgan fingerprint density at radius 3 is 2.72 bits per heavy atom. The van der Waals surface area contributed by atoms with Crippen molar-refractivity contribution in [2.75, 3.05) is 0 Å². The highest BCUT2D eigenvalue weighted by atomic mass is 32.1. The van der Waals surface area contributed by atoms with Gasteiger partial charge in [0.25, 0.3) is 0 Å². The van der Waals surface area contributed by atoms with Gasteiger partial charge in [-0.25, -0.2) is 0 Å². The summed E-state index contributed by atoms with van der Waals surface area (Å²) < 4.78 is 0. The molecule has 2 aliphatic heterocycles. The van der Waals surface area contributed by atoms with Gasteiger partial charge in [-0.3, -0.25) is 9.69 Å². The third-order valence-corrected chi connectivity index (χ3v) is 5.20. The largest absolute Gasteiger partial charge is 0.300 e. The molecule has 0 amide bonds. The second kappa shape index (κ2) is 5.14. The molecular formula is C15H21NOS. The predicted molar refractivity (Wildman–Crippen MR) is 75.0 cm³/mol. The van der Waals surface area contributed by atoms with Gasteiger partial charge in [-0.05, 0) is 48.6 Å². The zero-order valence-corrected chi connectivity index (χ0v) is 11.8. The molecule has 2 nitrogen and oxygen atoms in total. The number of carbonyl (C=O) groups excluding carboxylic acids is 1. The van der Waals surface area contributed by atoms with E-state index in [1.807, 2.05) is 0 Å². The van der Waals surface area contributed by atoms with E-state index < -0.39 is 0 Å². The molecule has 2 bridgehead atoms. The molecular weight excluding hydrogens is 242 g/mol. The van der Waals surface area contributed by atoms with Crippen LogP contribution >= 0.6 is 11.3 Å². The fraction of sp³-hybridized carbons (Fsp3) is 0.667. The number of ketones is 1. The summed E-state index contributed by atoms with van der Waals surface area (Å²) in [5.41, 5.74) is 1.45. The lowest BCUT2D eigenvalue weighted by atomic mass is 9.82. The number of fused-ring (bicyclic) bond motifs is 2. The summed E-state index contributed by atoms with van der Waals surface area (Å²) >= 11 is 1.78. The van der Waals surface area contributed by atoms with Gasteiger partial charge in [-0.15, -0.1) is 0 Å². The Morgan fingerprint density at radius 2 is 2.11 bits per heavy atom. The Balaban J connectivity index is 1.72. The summed E-state index contributed by atoms with van der Waals surface area (Å²) in [6.07, 6.45) is 6.47. The van der Waals surface area contributed by atoms with Crippen LogP contribution in [0.4, 0.5) is 0 Å². The molecule has 0 spiro atoms. The standard InChI is InChI=1S/C15H21NOS/c1-11(7-12-5-6-18-10-12)16-13-3-2-4-14(16)9-15(17)8-13/h5-6,10-11,13-14H,2-4,7-9H2,1H3. The molecule has 1 aromatic heterocycles. The van der Waals surface area contributed by atoms with Crippen LogP contribution < -0.4 is 0 Å². The molecule has 0 saturated carbocycles. The highest BCUT2D eigenvalue weighted by Gasteiger charge is 2.39. The Labute approximate surface area is 113 Å². The SMILES string of the molecule is CC(Cc1ccsc1)N1C2CCCC1CC(=O)C2. The Kier molecular flexibility index (Phi) is 3.53. The lowest BCUT2D eigenvalue weighted by Gasteiger charge is -2.48. The molecule has 0 aromatic carbocycles. The van der Waals surface area contributed by atoms with Crippen LogP contribution in [0.1, 0.15) is 44.6 Å². The monoisotopic (exact) mass is 263 g/mol. The highest BCUT2D eigenvalue weighted by Crippen LogP contribution is 2.34. The summed E-state index contributed by atoms with van der Waals surface area (Å²) in [4.78, 5) is 14.4. The Morgan fingerprint density at radius 1 is 1.39 bits per heavy atom. The van der Waals surface area contributed by atoms with Crippen molar-refractivity contribution in [2.45, 2.75) is 63.6 Å². The van der Waals surface area contributed by atoms with Crippen LogP contribution in [0.2, 0.25) is 0 Å². The van der Waals surface area contributed by atoms with E-state index in [1.165, 1.54) is 24.8 Å². The van der Waals surface area contributed by atoms with Crippen molar-refractivity contribution in [1.29, 1.82) is 0 Å². The number of piperidine rings is 2. The number of thiophene rings is 1. The first kappa shape index (κ1) is 12.4. The van der Waals surface area contributed by atoms with Crippen LogP contribution in [0.5, 0.6) is 0 Å². The molecule has 98 valence electrons. The van der Waals surface area contributed by atoms with Crippen molar-refractivity contribution in [2.24, 2.45) is 0 Å². The fourth-order valence-electron chi connectivity index (χ4n) is 3.78. The Hall–Kier alpha value is -0.670. The number of carbonyl (C=O) groups is 1. The molecule has 2 saturated heterocycles. The lowest BCUT2D eigenvalue weighted by molar-refractivity contribution is -0.128. The van der Waals surface area contributed by atoms with Gasteiger partial charge in [0.15, 0.2) is 0 Å². The van der Waals surface area contributed by atoms with Crippen LogP contribution in [-0.4, -0.2) is 28.8 Å². The van der Waals surface area contributed by atoms with Gasteiger partial charge >= 0.3 is 0 Å². The lowest BCUT2D eigenvalue weighted by Crippen LogP contribution is -2.56. The van der Waals surface area contributed by atoms with Gasteiger partial charge < -0.3 is 0 Å². The molecule has 3 heteroatoms. The third-order valence-electron chi connectivity index (χ3n) is 4.46. The smallest absolute Gasteiger partial charge is 0.136 e. The van der Waals surface area contributed by atoms with Gasteiger partial charge in [-0.2, -0.15) is 11.3 Å². The summed E-state index contributed by atoms with van der Waals surface area (Å²) in [5.74, 6) is 0.490. The van der Waals surface area contributed by atoms with E-state index in [1.54, 1.807) is 11.3 Å². The minimum Gasteiger partial charge on any atom is -0.300 e. The van der Waals surface area contributed by atoms with E-state index >= 15 is 0 Å². The second-order valence-electron chi connectivity index (χ2n) is 5.82. The maximum absolute atomic E-state index is 11.7. The van der Waals surface area contributed by atoms with Gasteiger partial charge in [0.05, 0.1) is 0 Å². The van der Waals surface area contributed by atoms with Crippen molar-refractivity contribution in [3.8, 4) is 0 Å². The number of hydrogen-bond donors (Lipinski definition) is 0. The third kappa shape index (κ3) is 2.39. The predicted octanol–water partition coefficient (Wildman–Crippen LogP) is 3.27. The first-order valence-electron chi connectivity index (χ1n) is 7.04. The molecule has 0 N–H and O–H groups in total. The van der Waals surface area contributed by atoms with Crippen molar-refractivity contribution in [3.05, 3.63) is 22.4 Å². The quantitative estimate of drug-likeness (QED) is 0.834. The van der Waals surface area contributed by atoms with Crippen molar-refractivity contribution >= 4 is 17.1 Å². The first-order valence-corrected chi connectivity index (χ1v) is 7.98. The topological polar surface area (TPSA) is 20.3 Å². The van der Waals surface area contributed by atoms with Crippen LogP contribution in [0.3, 0.4) is 0 Å². The fourth-order valence-corrected chi connectivity index (χ4v) is 4.47. The van der Waals surface area contributed by atoms with E-state index in [-0.39, 0.29) is 0 Å². The highest BCUT2D eigenvalue weighted by molar-refractivity contribution is 7.07. The van der Waals surface area contributed by atoms with Gasteiger partial charge in [0.1, 0.15) is 5.78 Å². The number of rotatable bonds is 3. The number of nitrogens with zero attached hydrogens (tertiary/aromatic N) is 1. The summed E-state index contributed by atoms with van der Waals surface area (Å²) in [7, 11) is 0. The van der Waals surface area contributed by atoms with Crippen LogP contribution in [0.25, 0.3) is 0 Å². The average molecular weight is 263 g/mol. The summed E-state index contributed by atoms with van der Waals surface area (Å²) in [6.45, 7) is 2.33. The summed E-state index contributed by atoms with van der Waals surface area (Å²) in [6, 6.07) is 3.85. The second-order valence-corrected chi connectivity index (χ2v) is 6.60. The van der Waals surface area contributed by atoms with Gasteiger partial charge in [0, 0.05) is 31.0 Å². The molecule has 3 rings (SSSR count). The number of hydrogen-bond acceptors (Lipinski definition) is 3. The van der Waals surface area contributed by atoms with E-state index in [0.29, 0.717) is 23.9 Å². The molecule has 0 aliphatic carbocycles. The van der Waals surface area contributed by atoms with Crippen LogP contribution in [0.15, 0.2) is 16.8 Å². The van der Waals surface area contributed by atoms with Crippen LogP contribution in [0, 0.1) is 0 Å². The van der Waals surface area contributed by atoms with Crippen molar-refractivity contribution < 1.29 is 4.79 Å². The Bertz CT molecular complexity index is 398. The van der Waals surface area contributed by atoms with Crippen molar-refractivity contribution in [3.63, 3.8) is 0 Å². The number of Topliss-reactive ketones (excluding diaryl/α,β-unsaturated/α-hetero) is 1. The molecule has 3 heterocycles. The van der Waals surface area contributed by atoms with Crippen LogP contribution in [-0.2, 0) is 11.2 Å². The zero-order valence-electron chi connectivity index (χ0n) is 11.0. The van der Waals surface area contributed by atoms with Gasteiger partial charge in [0.2, 0.25) is 0 Å². The molecule has 0 radical (unpaired) electrons. The molecule has 3 atom stereocenters. The normalized spacial score (nSPS) is 30.4. The molecule has 18 heavy (non-hydrogen) atoms. The van der Waals surface area contributed by atoms with E-state index in [2.05, 4.69) is 28.7 Å². The van der Waals surface area contributed by atoms with E-state index in [0.717, 1.165) is 19.3 Å². The van der Waals surface area contributed by atoms with E-state index in [4.69, 9.17) is 0 Å². The zero-order chi connectivity index (χ0) is 12.5. The van der Waals surface area contributed by atoms with E-state index in [9.17, 15) is 4.79 Å². The molecule has 1 aromatic rings. The average Bonchev–Trinajstić information content (AvgIpc) is 2.80. The van der Waals surface area contributed by atoms with Gasteiger partial charge in [-0.1, -0.05) is 6.42 Å². The summed E-state index contributed by atoms with van der Waals surface area (Å²) in [5, 5.41) is 4.41. The molecule has 2 fully saturated rings. The van der Waals surface area contributed by atoms with Crippen molar-refractivity contribution in [1.82, 2.24) is 4.90 Å².